The summed E-state index contributed by atoms with van der Waals surface area (Å²) >= 11 is 0. The molecule has 2 N–H and O–H groups in total. The molecular formula is C18H27N5. The molecule has 124 valence electrons. The number of rotatable bonds is 6. The van der Waals surface area contributed by atoms with Crippen molar-refractivity contribution in [3.05, 3.63) is 52.8 Å². The molecule has 5 nitrogen and oxygen atoms in total. The molecule has 0 aliphatic carbocycles. The maximum atomic E-state index is 4.44. The number of hydrogen-bond donors (Lipinski definition) is 2. The first-order valence-electron chi connectivity index (χ1n) is 8.09. The maximum Gasteiger partial charge on any atom is 0.191 e. The molecule has 0 fully saturated rings. The lowest BCUT2D eigenvalue weighted by Gasteiger charge is -2.12. The monoisotopic (exact) mass is 313 g/mol. The Morgan fingerprint density at radius 1 is 1.17 bits per heavy atom. The van der Waals surface area contributed by atoms with E-state index in [-0.39, 0.29) is 0 Å². The second-order valence-electron chi connectivity index (χ2n) is 5.71. The second-order valence-corrected chi connectivity index (χ2v) is 5.71. The highest BCUT2D eigenvalue weighted by atomic mass is 15.3. The van der Waals surface area contributed by atoms with Crippen LogP contribution in [0.2, 0.25) is 0 Å². The van der Waals surface area contributed by atoms with E-state index in [0.717, 1.165) is 37.6 Å². The van der Waals surface area contributed by atoms with Crippen LogP contribution in [0.3, 0.4) is 0 Å². The smallest absolute Gasteiger partial charge is 0.191 e. The van der Waals surface area contributed by atoms with E-state index in [2.05, 4.69) is 58.0 Å². The molecule has 0 radical (unpaired) electrons. The molecule has 0 spiro atoms. The molecule has 1 heterocycles. The van der Waals surface area contributed by atoms with Crippen LogP contribution in [0.4, 0.5) is 0 Å². The lowest BCUT2D eigenvalue weighted by atomic mass is 10.1. The fourth-order valence-electron chi connectivity index (χ4n) is 2.61. The summed E-state index contributed by atoms with van der Waals surface area (Å²) in [6.07, 6.45) is 2.15. The standard InChI is InChI=1S/C18H27N5/c1-14-17(15(2)23(4)22-14)13-21-18(19-3)20-12-8-11-16-9-6-5-7-10-16/h5-7,9-10H,8,11-13H2,1-4H3,(H2,19,20,21). The van der Waals surface area contributed by atoms with Crippen molar-refractivity contribution in [2.45, 2.75) is 33.2 Å². The topological polar surface area (TPSA) is 54.2 Å². The van der Waals surface area contributed by atoms with Crippen LogP contribution in [-0.2, 0) is 20.0 Å². The molecule has 1 aromatic heterocycles. The van der Waals surface area contributed by atoms with Gasteiger partial charge in [0.25, 0.3) is 0 Å². The molecule has 0 aliphatic rings. The van der Waals surface area contributed by atoms with E-state index in [4.69, 9.17) is 0 Å². The van der Waals surface area contributed by atoms with Crippen LogP contribution in [0.25, 0.3) is 0 Å². The zero-order chi connectivity index (χ0) is 16.7. The van der Waals surface area contributed by atoms with Crippen LogP contribution in [0.15, 0.2) is 35.3 Å². The van der Waals surface area contributed by atoms with Crippen LogP contribution in [0, 0.1) is 13.8 Å². The minimum atomic E-state index is 0.740. The summed E-state index contributed by atoms with van der Waals surface area (Å²) in [4.78, 5) is 4.28. The molecular weight excluding hydrogens is 286 g/mol. The summed E-state index contributed by atoms with van der Waals surface area (Å²) in [5.74, 6) is 0.834. The van der Waals surface area contributed by atoms with Gasteiger partial charge in [-0.2, -0.15) is 5.10 Å². The van der Waals surface area contributed by atoms with Gasteiger partial charge in [-0.1, -0.05) is 30.3 Å². The fourth-order valence-corrected chi connectivity index (χ4v) is 2.61. The molecule has 0 aliphatic heterocycles. The summed E-state index contributed by atoms with van der Waals surface area (Å²) in [6, 6.07) is 10.6. The van der Waals surface area contributed by atoms with E-state index in [9.17, 15) is 0 Å². The zero-order valence-corrected chi connectivity index (χ0v) is 14.6. The lowest BCUT2D eigenvalue weighted by molar-refractivity contribution is 0.726. The lowest BCUT2D eigenvalue weighted by Crippen LogP contribution is -2.37. The Kier molecular flexibility index (Phi) is 6.20. The van der Waals surface area contributed by atoms with Crippen molar-refractivity contribution >= 4 is 5.96 Å². The number of nitrogens with one attached hydrogen (secondary N) is 2. The van der Waals surface area contributed by atoms with Crippen molar-refractivity contribution < 1.29 is 0 Å². The van der Waals surface area contributed by atoms with E-state index in [1.807, 2.05) is 18.7 Å². The predicted molar refractivity (Wildman–Crippen MR) is 95.6 cm³/mol. The Morgan fingerprint density at radius 3 is 2.52 bits per heavy atom. The van der Waals surface area contributed by atoms with E-state index >= 15 is 0 Å². The molecule has 0 saturated heterocycles. The Morgan fingerprint density at radius 2 is 1.91 bits per heavy atom. The third-order valence-corrected chi connectivity index (χ3v) is 4.09. The van der Waals surface area contributed by atoms with Crippen molar-refractivity contribution in [2.75, 3.05) is 13.6 Å². The third kappa shape index (κ3) is 4.84. The average Bonchev–Trinajstić information content (AvgIpc) is 2.80. The van der Waals surface area contributed by atoms with Gasteiger partial charge in [-0.05, 0) is 32.3 Å². The van der Waals surface area contributed by atoms with Crippen LogP contribution < -0.4 is 10.6 Å². The van der Waals surface area contributed by atoms with Gasteiger partial charge in [0.05, 0.1) is 5.69 Å². The van der Waals surface area contributed by atoms with E-state index in [1.165, 1.54) is 16.8 Å². The Hall–Kier alpha value is -2.30. The molecule has 0 amide bonds. The van der Waals surface area contributed by atoms with E-state index < -0.39 is 0 Å². The summed E-state index contributed by atoms with van der Waals surface area (Å²) < 4.78 is 1.92. The van der Waals surface area contributed by atoms with Crippen molar-refractivity contribution in [2.24, 2.45) is 12.0 Å². The van der Waals surface area contributed by atoms with Gasteiger partial charge in [-0.25, -0.2) is 0 Å². The van der Waals surface area contributed by atoms with Gasteiger partial charge >= 0.3 is 0 Å². The first-order chi connectivity index (χ1) is 11.1. The van der Waals surface area contributed by atoms with Gasteiger partial charge in [0.2, 0.25) is 0 Å². The van der Waals surface area contributed by atoms with Crippen molar-refractivity contribution in [3.63, 3.8) is 0 Å². The zero-order valence-electron chi connectivity index (χ0n) is 14.6. The molecule has 23 heavy (non-hydrogen) atoms. The highest BCUT2D eigenvalue weighted by Crippen LogP contribution is 2.11. The minimum absolute atomic E-state index is 0.740. The fraction of sp³-hybridized carbons (Fsp3) is 0.444. The van der Waals surface area contributed by atoms with Crippen molar-refractivity contribution in [1.29, 1.82) is 0 Å². The molecule has 2 aromatic rings. The Bertz CT molecular complexity index is 643. The van der Waals surface area contributed by atoms with Gasteiger partial charge in [0.1, 0.15) is 0 Å². The largest absolute Gasteiger partial charge is 0.356 e. The Balaban J connectivity index is 1.75. The molecule has 0 saturated carbocycles. The first kappa shape index (κ1) is 17.1. The van der Waals surface area contributed by atoms with Crippen molar-refractivity contribution in [1.82, 2.24) is 20.4 Å². The molecule has 1 aromatic carbocycles. The number of aryl methyl sites for hydroxylation is 3. The van der Waals surface area contributed by atoms with Crippen molar-refractivity contribution in [3.8, 4) is 0 Å². The van der Waals surface area contributed by atoms with Gasteiger partial charge < -0.3 is 10.6 Å². The van der Waals surface area contributed by atoms with E-state index in [0.29, 0.717) is 0 Å². The third-order valence-electron chi connectivity index (χ3n) is 4.09. The van der Waals surface area contributed by atoms with Crippen LogP contribution in [-0.4, -0.2) is 29.3 Å². The molecule has 0 atom stereocenters. The molecule has 2 rings (SSSR count). The number of nitrogens with zero attached hydrogens (tertiary/aromatic N) is 3. The van der Waals surface area contributed by atoms with Gasteiger partial charge in [0.15, 0.2) is 5.96 Å². The van der Waals surface area contributed by atoms with Gasteiger partial charge in [-0.15, -0.1) is 0 Å². The molecule has 0 bridgehead atoms. The maximum absolute atomic E-state index is 4.44. The summed E-state index contributed by atoms with van der Waals surface area (Å²) in [5, 5.41) is 11.2. The van der Waals surface area contributed by atoms with Gasteiger partial charge in [0, 0.05) is 38.4 Å². The normalized spacial score (nSPS) is 11.6. The van der Waals surface area contributed by atoms with Crippen LogP contribution in [0.1, 0.15) is 28.9 Å². The van der Waals surface area contributed by atoms with Crippen LogP contribution in [0.5, 0.6) is 0 Å². The molecule has 5 heteroatoms. The Labute approximate surface area is 138 Å². The quantitative estimate of drug-likeness (QED) is 0.489. The number of aliphatic imine (C=N–C) groups is 1. The van der Waals surface area contributed by atoms with Crippen LogP contribution >= 0.6 is 0 Å². The highest BCUT2D eigenvalue weighted by molar-refractivity contribution is 5.79. The first-order valence-corrected chi connectivity index (χ1v) is 8.09. The number of hydrogen-bond acceptors (Lipinski definition) is 2. The molecule has 0 unspecified atom stereocenters. The summed E-state index contributed by atoms with van der Waals surface area (Å²) in [7, 11) is 3.78. The number of aromatic nitrogens is 2. The minimum Gasteiger partial charge on any atom is -0.356 e. The van der Waals surface area contributed by atoms with E-state index in [1.54, 1.807) is 7.05 Å². The average molecular weight is 313 g/mol. The van der Waals surface area contributed by atoms with Gasteiger partial charge in [-0.3, -0.25) is 9.67 Å². The second kappa shape index (κ2) is 8.36. The SMILES string of the molecule is CN=C(NCCCc1ccccc1)NCc1c(C)nn(C)c1C. The number of benzene rings is 1. The number of guanidine groups is 1. The highest BCUT2D eigenvalue weighted by Gasteiger charge is 2.09. The summed E-state index contributed by atoms with van der Waals surface area (Å²) in [5.41, 5.74) is 4.87. The predicted octanol–water partition coefficient (Wildman–Crippen LogP) is 2.33. The summed E-state index contributed by atoms with van der Waals surface area (Å²) in [6.45, 7) is 5.77.